The molecule has 0 spiro atoms. The molecule has 4 aromatic rings. The van der Waals surface area contributed by atoms with Crippen LogP contribution in [0.4, 0.5) is 4.79 Å². The Labute approximate surface area is 199 Å². The SMILES string of the molecule is CCOc1ccc2[nH]c(=O)c(CN(Cc3ccc(C)cc3)C(=O)NCc3ccccc3)cc2c1. The Morgan fingerprint density at radius 2 is 1.71 bits per heavy atom. The molecule has 0 saturated carbocycles. The van der Waals surface area contributed by atoms with Crippen molar-refractivity contribution < 1.29 is 9.53 Å². The van der Waals surface area contributed by atoms with Crippen molar-refractivity contribution in [1.82, 2.24) is 15.2 Å². The summed E-state index contributed by atoms with van der Waals surface area (Å²) in [6.45, 7) is 5.50. The predicted molar refractivity (Wildman–Crippen MR) is 135 cm³/mol. The second-order valence-electron chi connectivity index (χ2n) is 8.29. The number of H-pyrrole nitrogens is 1. The van der Waals surface area contributed by atoms with E-state index >= 15 is 0 Å². The highest BCUT2D eigenvalue weighted by atomic mass is 16.5. The number of ether oxygens (including phenoxy) is 1. The number of pyridine rings is 1. The van der Waals surface area contributed by atoms with E-state index in [0.717, 1.165) is 33.3 Å². The zero-order valence-corrected chi connectivity index (χ0v) is 19.5. The van der Waals surface area contributed by atoms with Gasteiger partial charge in [-0.05, 0) is 49.2 Å². The van der Waals surface area contributed by atoms with Crippen LogP contribution in [0, 0.1) is 6.92 Å². The number of carbonyl (C=O) groups is 1. The molecule has 6 heteroatoms. The fraction of sp³-hybridized carbons (Fsp3) is 0.214. The summed E-state index contributed by atoms with van der Waals surface area (Å²) in [4.78, 5) is 30.6. The summed E-state index contributed by atoms with van der Waals surface area (Å²) in [6, 6.07) is 25.0. The zero-order chi connectivity index (χ0) is 23.9. The van der Waals surface area contributed by atoms with Crippen molar-refractivity contribution in [3.63, 3.8) is 0 Å². The number of nitrogens with one attached hydrogen (secondary N) is 2. The largest absolute Gasteiger partial charge is 0.494 e. The maximum atomic E-state index is 13.2. The number of aryl methyl sites for hydroxylation is 1. The van der Waals surface area contributed by atoms with Gasteiger partial charge in [-0.25, -0.2) is 4.79 Å². The molecule has 0 fully saturated rings. The van der Waals surface area contributed by atoms with Crippen LogP contribution < -0.4 is 15.6 Å². The number of rotatable bonds is 8. The van der Waals surface area contributed by atoms with E-state index in [1.807, 2.05) is 92.7 Å². The van der Waals surface area contributed by atoms with E-state index in [4.69, 9.17) is 4.74 Å². The summed E-state index contributed by atoms with van der Waals surface area (Å²) in [6.07, 6.45) is 0. The quantitative estimate of drug-likeness (QED) is 0.386. The number of urea groups is 1. The van der Waals surface area contributed by atoms with Gasteiger partial charge in [0, 0.05) is 29.6 Å². The molecule has 1 heterocycles. The Balaban J connectivity index is 1.60. The molecule has 0 bridgehead atoms. The van der Waals surface area contributed by atoms with Crippen molar-refractivity contribution in [3.05, 3.63) is 111 Å². The first-order valence-corrected chi connectivity index (χ1v) is 11.4. The molecule has 0 radical (unpaired) electrons. The maximum absolute atomic E-state index is 13.2. The lowest BCUT2D eigenvalue weighted by Gasteiger charge is -2.23. The number of hydrogen-bond acceptors (Lipinski definition) is 3. The summed E-state index contributed by atoms with van der Waals surface area (Å²) in [5.74, 6) is 0.741. The molecule has 2 N–H and O–H groups in total. The summed E-state index contributed by atoms with van der Waals surface area (Å²) < 4.78 is 5.60. The molecule has 2 amide bonds. The highest BCUT2D eigenvalue weighted by Crippen LogP contribution is 2.20. The molecule has 0 aliphatic rings. The first-order valence-electron chi connectivity index (χ1n) is 11.4. The van der Waals surface area contributed by atoms with Crippen molar-refractivity contribution in [1.29, 1.82) is 0 Å². The monoisotopic (exact) mass is 455 g/mol. The topological polar surface area (TPSA) is 74.4 Å². The predicted octanol–water partition coefficient (Wildman–Crippen LogP) is 5.15. The highest BCUT2D eigenvalue weighted by Gasteiger charge is 2.17. The van der Waals surface area contributed by atoms with Crippen molar-refractivity contribution in [2.75, 3.05) is 6.61 Å². The molecular formula is C28H29N3O3. The van der Waals surface area contributed by atoms with E-state index in [9.17, 15) is 9.59 Å². The third-order valence-corrected chi connectivity index (χ3v) is 5.63. The molecule has 0 atom stereocenters. The maximum Gasteiger partial charge on any atom is 0.318 e. The molecular weight excluding hydrogens is 426 g/mol. The number of fused-ring (bicyclic) bond motifs is 1. The normalized spacial score (nSPS) is 10.8. The second kappa shape index (κ2) is 10.7. The van der Waals surface area contributed by atoms with E-state index in [1.165, 1.54) is 0 Å². The van der Waals surface area contributed by atoms with Crippen molar-refractivity contribution >= 4 is 16.9 Å². The number of carbonyl (C=O) groups excluding carboxylic acids is 1. The van der Waals surface area contributed by atoms with E-state index in [1.54, 1.807) is 4.90 Å². The third-order valence-electron chi connectivity index (χ3n) is 5.63. The first kappa shape index (κ1) is 23.1. The molecule has 6 nitrogen and oxygen atoms in total. The Morgan fingerprint density at radius 3 is 2.44 bits per heavy atom. The average molecular weight is 456 g/mol. The van der Waals surface area contributed by atoms with Crippen LogP contribution in [-0.4, -0.2) is 22.5 Å². The Kier molecular flexibility index (Phi) is 7.28. The van der Waals surface area contributed by atoms with E-state index in [-0.39, 0.29) is 18.1 Å². The standard InChI is InChI=1S/C28H29N3O3/c1-3-34-25-13-14-26-23(16-25)15-24(27(32)30-26)19-31(18-22-11-9-20(2)10-12-22)28(33)29-17-21-7-5-4-6-8-21/h4-16H,3,17-19H2,1-2H3,(H,29,33)(H,30,32). The average Bonchev–Trinajstić information content (AvgIpc) is 2.85. The van der Waals surface area contributed by atoms with Gasteiger partial charge in [0.15, 0.2) is 0 Å². The minimum Gasteiger partial charge on any atom is -0.494 e. The summed E-state index contributed by atoms with van der Waals surface area (Å²) in [5.41, 5.74) is 4.20. The van der Waals surface area contributed by atoms with Crippen LogP contribution in [0.5, 0.6) is 5.75 Å². The number of aromatic amines is 1. The Bertz CT molecular complexity index is 1310. The van der Waals surface area contributed by atoms with Gasteiger partial charge in [0.25, 0.3) is 5.56 Å². The van der Waals surface area contributed by atoms with Gasteiger partial charge in [0.1, 0.15) is 5.75 Å². The lowest BCUT2D eigenvalue weighted by Crippen LogP contribution is -2.39. The fourth-order valence-electron chi connectivity index (χ4n) is 3.81. The first-order chi connectivity index (χ1) is 16.5. The van der Waals surface area contributed by atoms with Gasteiger partial charge in [-0.3, -0.25) is 4.79 Å². The zero-order valence-electron chi connectivity index (χ0n) is 19.5. The molecule has 4 rings (SSSR count). The van der Waals surface area contributed by atoms with Crippen LogP contribution in [0.3, 0.4) is 0 Å². The smallest absolute Gasteiger partial charge is 0.318 e. The summed E-state index contributed by atoms with van der Waals surface area (Å²) in [7, 11) is 0. The van der Waals surface area contributed by atoms with Crippen LogP contribution in [0.2, 0.25) is 0 Å². The minimum absolute atomic E-state index is 0.179. The van der Waals surface area contributed by atoms with Crippen molar-refractivity contribution in [2.24, 2.45) is 0 Å². The van der Waals surface area contributed by atoms with Gasteiger partial charge in [-0.15, -0.1) is 0 Å². The minimum atomic E-state index is -0.230. The van der Waals surface area contributed by atoms with E-state index < -0.39 is 0 Å². The lowest BCUT2D eigenvalue weighted by atomic mass is 10.1. The number of hydrogen-bond donors (Lipinski definition) is 2. The summed E-state index contributed by atoms with van der Waals surface area (Å²) in [5, 5.41) is 3.85. The van der Waals surface area contributed by atoms with Crippen LogP contribution in [0.25, 0.3) is 10.9 Å². The fourth-order valence-corrected chi connectivity index (χ4v) is 3.81. The van der Waals surface area contributed by atoms with Gasteiger partial charge in [-0.1, -0.05) is 60.2 Å². The van der Waals surface area contributed by atoms with Crippen molar-refractivity contribution in [3.8, 4) is 5.75 Å². The third kappa shape index (κ3) is 5.84. The molecule has 0 aliphatic heterocycles. The molecule has 3 aromatic carbocycles. The van der Waals surface area contributed by atoms with E-state index in [0.29, 0.717) is 25.3 Å². The number of benzene rings is 3. The number of aromatic nitrogens is 1. The Hall–Kier alpha value is -4.06. The van der Waals surface area contributed by atoms with Gasteiger partial charge >= 0.3 is 6.03 Å². The molecule has 0 aliphatic carbocycles. The highest BCUT2D eigenvalue weighted by molar-refractivity contribution is 5.81. The van der Waals surface area contributed by atoms with Gasteiger partial charge < -0.3 is 19.9 Å². The van der Waals surface area contributed by atoms with Crippen LogP contribution in [0.1, 0.15) is 29.2 Å². The molecule has 1 aromatic heterocycles. The summed E-state index contributed by atoms with van der Waals surface area (Å²) >= 11 is 0. The van der Waals surface area contributed by atoms with Crippen LogP contribution in [-0.2, 0) is 19.6 Å². The van der Waals surface area contributed by atoms with Crippen molar-refractivity contribution in [2.45, 2.75) is 33.5 Å². The molecule has 174 valence electrons. The van der Waals surface area contributed by atoms with Gasteiger partial charge in [0.2, 0.25) is 0 Å². The second-order valence-corrected chi connectivity index (χ2v) is 8.29. The molecule has 34 heavy (non-hydrogen) atoms. The van der Waals surface area contributed by atoms with Gasteiger partial charge in [0.05, 0.1) is 13.2 Å². The van der Waals surface area contributed by atoms with Crippen LogP contribution in [0.15, 0.2) is 83.7 Å². The lowest BCUT2D eigenvalue weighted by molar-refractivity contribution is 0.191. The van der Waals surface area contributed by atoms with Crippen LogP contribution >= 0.6 is 0 Å². The number of nitrogens with zero attached hydrogens (tertiary/aromatic N) is 1. The number of amides is 2. The molecule has 0 unspecified atom stereocenters. The van der Waals surface area contributed by atoms with Gasteiger partial charge in [-0.2, -0.15) is 0 Å². The Morgan fingerprint density at radius 1 is 0.941 bits per heavy atom. The molecule has 0 saturated heterocycles. The van der Waals surface area contributed by atoms with E-state index in [2.05, 4.69) is 10.3 Å².